The largest absolute Gasteiger partial charge is 0.396 e. The fourth-order valence-corrected chi connectivity index (χ4v) is 0.744. The van der Waals surface area contributed by atoms with E-state index in [1.807, 2.05) is 13.8 Å². The van der Waals surface area contributed by atoms with Gasteiger partial charge in [0.05, 0.1) is 11.9 Å². The lowest BCUT2D eigenvalue weighted by Crippen LogP contribution is -2.02. The maximum Gasteiger partial charge on any atom is 0.165 e. The number of pyridine rings is 1. The van der Waals surface area contributed by atoms with Crippen molar-refractivity contribution in [1.29, 1.82) is 5.41 Å². The predicted molar refractivity (Wildman–Crippen MR) is 52.5 cm³/mol. The van der Waals surface area contributed by atoms with E-state index < -0.39 is 5.82 Å². The molecule has 13 heavy (non-hydrogen) atoms. The highest BCUT2D eigenvalue weighted by Crippen LogP contribution is 2.13. The molecule has 0 spiro atoms. The van der Waals surface area contributed by atoms with Crippen LogP contribution in [0, 0.1) is 11.2 Å². The molecule has 0 saturated carbocycles. The Balaban J connectivity index is 0.000000671. The third-order valence-electron chi connectivity index (χ3n) is 1.34. The Labute approximate surface area is 77.3 Å². The van der Waals surface area contributed by atoms with Gasteiger partial charge in [0.25, 0.3) is 0 Å². The number of nitrogen functional groups attached to an aromatic ring is 1. The van der Waals surface area contributed by atoms with E-state index >= 15 is 0 Å². The lowest BCUT2D eigenvalue weighted by molar-refractivity contribution is 0.626. The summed E-state index contributed by atoms with van der Waals surface area (Å²) in [5, 5.41) is 7.19. The molecule has 0 unspecified atom stereocenters. The number of hydrogen-bond acceptors (Lipinski definition) is 3. The maximum absolute atomic E-state index is 12.7. The van der Waals surface area contributed by atoms with E-state index in [2.05, 4.69) is 4.98 Å². The number of anilines is 1. The monoisotopic (exact) mass is 183 g/mol. The van der Waals surface area contributed by atoms with E-state index in [9.17, 15) is 4.39 Å². The van der Waals surface area contributed by atoms with Crippen molar-refractivity contribution in [1.82, 2.24) is 4.98 Å². The Kier molecular flexibility index (Phi) is 4.66. The average Bonchev–Trinajstić information content (AvgIpc) is 2.13. The number of hydrogen-bond donors (Lipinski definition) is 2. The van der Waals surface area contributed by atoms with Gasteiger partial charge in [0.15, 0.2) is 5.82 Å². The summed E-state index contributed by atoms with van der Waals surface area (Å²) in [5.41, 5.74) is 5.89. The van der Waals surface area contributed by atoms with Crippen LogP contribution in [0.2, 0.25) is 0 Å². The Bertz CT molecular complexity index is 297. The van der Waals surface area contributed by atoms with Crippen molar-refractivity contribution < 1.29 is 4.39 Å². The highest BCUT2D eigenvalue weighted by atomic mass is 19.1. The molecule has 72 valence electrons. The van der Waals surface area contributed by atoms with Crippen LogP contribution in [0.4, 0.5) is 10.1 Å². The summed E-state index contributed by atoms with van der Waals surface area (Å²) < 4.78 is 12.7. The molecule has 1 rings (SSSR count). The predicted octanol–water partition coefficient (Wildman–Crippen LogP) is 2.22. The molecule has 1 heterocycles. The van der Waals surface area contributed by atoms with Gasteiger partial charge in [-0.25, -0.2) is 4.39 Å². The highest BCUT2D eigenvalue weighted by Gasteiger charge is 2.05. The van der Waals surface area contributed by atoms with E-state index in [0.717, 1.165) is 6.20 Å². The second kappa shape index (κ2) is 5.24. The van der Waals surface area contributed by atoms with Gasteiger partial charge in [-0.3, -0.25) is 4.98 Å². The van der Waals surface area contributed by atoms with Crippen LogP contribution in [0.25, 0.3) is 0 Å². The van der Waals surface area contributed by atoms with Gasteiger partial charge < -0.3 is 11.1 Å². The second-order valence-electron chi connectivity index (χ2n) is 2.21. The van der Waals surface area contributed by atoms with Gasteiger partial charge in [-0.1, -0.05) is 13.8 Å². The lowest BCUT2D eigenvalue weighted by Gasteiger charge is -2.01. The number of nitrogens with one attached hydrogen (secondary N) is 1. The topological polar surface area (TPSA) is 62.8 Å². The SMILES string of the molecule is CC.CC(=N)c1cncc(F)c1N. The molecule has 3 N–H and O–H groups in total. The molecule has 0 atom stereocenters. The maximum atomic E-state index is 12.7. The number of nitrogens with two attached hydrogens (primary N) is 1. The van der Waals surface area contributed by atoms with Crippen LogP contribution >= 0.6 is 0 Å². The van der Waals surface area contributed by atoms with Gasteiger partial charge in [-0.15, -0.1) is 0 Å². The van der Waals surface area contributed by atoms with Crippen molar-refractivity contribution in [2.45, 2.75) is 20.8 Å². The molecule has 0 aromatic carbocycles. The number of rotatable bonds is 1. The van der Waals surface area contributed by atoms with E-state index in [1.165, 1.54) is 13.1 Å². The minimum Gasteiger partial charge on any atom is -0.396 e. The van der Waals surface area contributed by atoms with Gasteiger partial charge in [0.1, 0.15) is 0 Å². The van der Waals surface area contributed by atoms with Crippen LogP contribution in [0.15, 0.2) is 12.4 Å². The fourth-order valence-electron chi connectivity index (χ4n) is 0.744. The van der Waals surface area contributed by atoms with Gasteiger partial charge >= 0.3 is 0 Å². The number of halogens is 1. The third kappa shape index (κ3) is 2.82. The first-order valence-corrected chi connectivity index (χ1v) is 4.07. The quantitative estimate of drug-likeness (QED) is 0.656. The molecular formula is C9H14FN3. The first-order valence-electron chi connectivity index (χ1n) is 4.07. The van der Waals surface area contributed by atoms with Gasteiger partial charge in [-0.05, 0) is 6.92 Å². The summed E-state index contributed by atoms with van der Waals surface area (Å²) in [7, 11) is 0. The van der Waals surface area contributed by atoms with E-state index in [0.29, 0.717) is 5.56 Å². The van der Waals surface area contributed by atoms with E-state index in [4.69, 9.17) is 11.1 Å². The molecule has 1 aromatic heterocycles. The van der Waals surface area contributed by atoms with Crippen LogP contribution in [0.3, 0.4) is 0 Å². The summed E-state index contributed by atoms with van der Waals surface area (Å²) in [6.07, 6.45) is 2.41. The van der Waals surface area contributed by atoms with Gasteiger partial charge in [0, 0.05) is 17.5 Å². The molecule has 0 amide bonds. The Morgan fingerprint density at radius 1 is 1.46 bits per heavy atom. The van der Waals surface area contributed by atoms with Crippen molar-refractivity contribution in [3.05, 3.63) is 23.8 Å². The molecule has 0 bridgehead atoms. The smallest absolute Gasteiger partial charge is 0.165 e. The molecule has 4 heteroatoms. The summed E-state index contributed by atoms with van der Waals surface area (Å²) >= 11 is 0. The fraction of sp³-hybridized carbons (Fsp3) is 0.333. The zero-order valence-electron chi connectivity index (χ0n) is 8.06. The zero-order valence-corrected chi connectivity index (χ0v) is 8.06. The minimum absolute atomic E-state index is 0.00694. The molecule has 0 aliphatic carbocycles. The summed E-state index contributed by atoms with van der Waals surface area (Å²) in [6.45, 7) is 5.53. The lowest BCUT2D eigenvalue weighted by atomic mass is 10.1. The molecular weight excluding hydrogens is 169 g/mol. The van der Waals surface area contributed by atoms with Crippen molar-refractivity contribution in [2.75, 3.05) is 5.73 Å². The first-order chi connectivity index (χ1) is 6.13. The summed E-state index contributed by atoms with van der Waals surface area (Å²) in [4.78, 5) is 3.57. The van der Waals surface area contributed by atoms with Crippen molar-refractivity contribution in [2.24, 2.45) is 0 Å². The standard InChI is InChI=1S/C7H8FN3.C2H6/c1-4(9)5-2-11-3-6(8)7(5)10;1-2/h2-3,9H,1H3,(H2,10,11);1-2H3. The Morgan fingerprint density at radius 3 is 2.38 bits per heavy atom. The average molecular weight is 183 g/mol. The molecule has 0 radical (unpaired) electrons. The third-order valence-corrected chi connectivity index (χ3v) is 1.34. The zero-order chi connectivity index (χ0) is 10.4. The van der Waals surface area contributed by atoms with E-state index in [-0.39, 0.29) is 11.4 Å². The summed E-state index contributed by atoms with van der Waals surface area (Å²) in [6, 6.07) is 0. The van der Waals surface area contributed by atoms with Crippen molar-refractivity contribution >= 4 is 11.4 Å². The molecule has 0 aliphatic heterocycles. The first kappa shape index (κ1) is 11.6. The van der Waals surface area contributed by atoms with Crippen LogP contribution in [0.1, 0.15) is 26.3 Å². The van der Waals surface area contributed by atoms with Crippen molar-refractivity contribution in [3.8, 4) is 0 Å². The number of nitrogens with zero attached hydrogens (tertiary/aromatic N) is 1. The molecule has 0 aliphatic rings. The van der Waals surface area contributed by atoms with Crippen LogP contribution < -0.4 is 5.73 Å². The van der Waals surface area contributed by atoms with Gasteiger partial charge in [0.2, 0.25) is 0 Å². The number of aromatic nitrogens is 1. The van der Waals surface area contributed by atoms with Crippen LogP contribution in [0.5, 0.6) is 0 Å². The van der Waals surface area contributed by atoms with Crippen molar-refractivity contribution in [3.63, 3.8) is 0 Å². The molecule has 0 fully saturated rings. The van der Waals surface area contributed by atoms with Crippen LogP contribution in [-0.4, -0.2) is 10.7 Å². The Hall–Kier alpha value is -1.45. The minimum atomic E-state index is -0.575. The summed E-state index contributed by atoms with van der Waals surface area (Å²) in [5.74, 6) is -0.575. The highest BCUT2D eigenvalue weighted by molar-refractivity contribution is 6.00. The Morgan fingerprint density at radius 2 is 2.00 bits per heavy atom. The van der Waals surface area contributed by atoms with Gasteiger partial charge in [-0.2, -0.15) is 0 Å². The molecule has 0 saturated heterocycles. The molecule has 3 nitrogen and oxygen atoms in total. The van der Waals surface area contributed by atoms with Crippen LogP contribution in [-0.2, 0) is 0 Å². The molecule has 1 aromatic rings. The van der Waals surface area contributed by atoms with E-state index in [1.54, 1.807) is 0 Å². The second-order valence-corrected chi connectivity index (χ2v) is 2.21. The normalized spacial score (nSPS) is 8.62.